The fraction of sp³-hybridized carbons (Fsp3) is 0.414. The van der Waals surface area contributed by atoms with E-state index in [1.54, 1.807) is 18.2 Å². The first-order chi connectivity index (χ1) is 17.8. The Balaban J connectivity index is 0.00000352. The van der Waals surface area contributed by atoms with Crippen LogP contribution in [0.25, 0.3) is 0 Å². The lowest BCUT2D eigenvalue weighted by molar-refractivity contribution is -0.117. The number of carbonyl (C=O) groups is 2. The number of aryl methyl sites for hydroxylation is 1. The van der Waals surface area contributed by atoms with Gasteiger partial charge in [0.1, 0.15) is 11.8 Å². The quantitative estimate of drug-likeness (QED) is 0.152. The molecule has 0 radical (unpaired) electrons. The summed E-state index contributed by atoms with van der Waals surface area (Å²) in [7, 11) is 0. The smallest absolute Gasteiger partial charge is 0.268 e. The van der Waals surface area contributed by atoms with Crippen molar-refractivity contribution in [2.45, 2.75) is 65.7 Å². The van der Waals surface area contributed by atoms with Crippen molar-refractivity contribution in [3.05, 3.63) is 64.5 Å². The summed E-state index contributed by atoms with van der Waals surface area (Å²) in [6.07, 6.45) is 3.20. The van der Waals surface area contributed by atoms with Gasteiger partial charge in [0, 0.05) is 23.2 Å². The van der Waals surface area contributed by atoms with E-state index in [9.17, 15) is 14.9 Å². The van der Waals surface area contributed by atoms with Crippen LogP contribution in [0.3, 0.4) is 0 Å². The molecule has 38 heavy (non-hydrogen) atoms. The van der Waals surface area contributed by atoms with Crippen molar-refractivity contribution in [1.82, 2.24) is 5.32 Å². The van der Waals surface area contributed by atoms with Crippen LogP contribution in [0, 0.1) is 24.2 Å². The molecule has 0 aromatic heterocycles. The number of carbonyl (C=O) groups excluding carboxylic acids is 2. The number of nitrogens with two attached hydrogens (primary N) is 2. The Morgan fingerprint density at radius 3 is 2.34 bits per heavy atom. The molecular weight excluding hydrogens is 496 g/mol. The fourth-order valence-electron chi connectivity index (χ4n) is 3.36. The third-order valence-corrected chi connectivity index (χ3v) is 6.34. The molecule has 2 rings (SSSR count). The van der Waals surface area contributed by atoms with Crippen molar-refractivity contribution in [3.63, 3.8) is 0 Å². The summed E-state index contributed by atoms with van der Waals surface area (Å²) in [5.74, 6) is 5.71. The molecule has 206 valence electrons. The first-order valence-corrected chi connectivity index (χ1v) is 13.8. The highest BCUT2D eigenvalue weighted by Crippen LogP contribution is 2.35. The molecule has 0 saturated heterocycles. The number of hydrogen-bond donors (Lipinski definition) is 4. The van der Waals surface area contributed by atoms with Gasteiger partial charge in [-0.1, -0.05) is 54.5 Å². The molecule has 2 aromatic carbocycles. The lowest BCUT2D eigenvalue weighted by Crippen LogP contribution is -2.34. The second kappa shape index (κ2) is 14.5. The summed E-state index contributed by atoms with van der Waals surface area (Å²) in [6, 6.07) is 11.1. The van der Waals surface area contributed by atoms with Crippen LogP contribution in [0.1, 0.15) is 75.5 Å². The van der Waals surface area contributed by atoms with Crippen LogP contribution in [0.2, 0.25) is 0 Å². The number of thioether (sulfide) groups is 1. The Hall–Kier alpha value is -3.48. The number of amides is 2. The third-order valence-electron chi connectivity index (χ3n) is 5.49. The lowest BCUT2D eigenvalue weighted by Gasteiger charge is -2.22. The standard InChI is InChI=1S/C27H36N6O2S.C2H6/c1-16(2)14-31-26(35)21(29)15-33(30)23-11-18(9-8-17(23)3)25(34)32-22-12-20(27(4,5)6)10-19(13-28)24(22)36-7;1-2/h8-12,15-16H,14,29-30H2,1-7H3,(H,31,35)(H,32,34);1-2H3/b21-15-;. The number of nitrogens with one attached hydrogen (secondary N) is 2. The van der Waals surface area contributed by atoms with E-state index >= 15 is 0 Å². The second-order valence-electron chi connectivity index (χ2n) is 10.0. The molecule has 2 amide bonds. The SMILES string of the molecule is CC.CSc1c(C#N)cc(C(C)(C)C)cc1NC(=O)c1ccc(C)c(N(N)/C=C(\N)C(=O)NCC(C)C)c1. The average Bonchev–Trinajstić information content (AvgIpc) is 2.87. The molecule has 8 nitrogen and oxygen atoms in total. The van der Waals surface area contributed by atoms with E-state index in [0.29, 0.717) is 33.9 Å². The zero-order valence-electron chi connectivity index (χ0n) is 24.0. The Bertz CT molecular complexity index is 1210. The van der Waals surface area contributed by atoms with Crippen molar-refractivity contribution in [2.24, 2.45) is 17.5 Å². The highest BCUT2D eigenvalue weighted by Gasteiger charge is 2.21. The number of hydrazine groups is 1. The monoisotopic (exact) mass is 538 g/mol. The summed E-state index contributed by atoms with van der Waals surface area (Å²) in [5, 5.41) is 16.6. The normalized spacial score (nSPS) is 11.3. The number of hydrogen-bond acceptors (Lipinski definition) is 7. The molecule has 0 aliphatic carbocycles. The van der Waals surface area contributed by atoms with Gasteiger partial charge in [0.25, 0.3) is 11.8 Å². The van der Waals surface area contributed by atoms with Crippen LogP contribution in [-0.4, -0.2) is 24.6 Å². The fourth-order valence-corrected chi connectivity index (χ4v) is 4.01. The largest absolute Gasteiger partial charge is 0.393 e. The summed E-state index contributed by atoms with van der Waals surface area (Å²) in [6.45, 7) is 16.5. The minimum absolute atomic E-state index is 0.0416. The minimum Gasteiger partial charge on any atom is -0.393 e. The third kappa shape index (κ3) is 8.82. The van der Waals surface area contributed by atoms with Gasteiger partial charge in [-0.2, -0.15) is 5.26 Å². The summed E-state index contributed by atoms with van der Waals surface area (Å²) in [5.41, 5.74) is 9.40. The Morgan fingerprint density at radius 2 is 1.82 bits per heavy atom. The van der Waals surface area contributed by atoms with Gasteiger partial charge in [-0.15, -0.1) is 11.8 Å². The van der Waals surface area contributed by atoms with Gasteiger partial charge in [-0.05, 0) is 59.9 Å². The van der Waals surface area contributed by atoms with E-state index in [4.69, 9.17) is 11.6 Å². The minimum atomic E-state index is -0.415. The van der Waals surface area contributed by atoms with E-state index in [2.05, 4.69) is 37.5 Å². The van der Waals surface area contributed by atoms with Gasteiger partial charge < -0.3 is 16.4 Å². The first kappa shape index (κ1) is 32.5. The summed E-state index contributed by atoms with van der Waals surface area (Å²) < 4.78 is 0. The number of nitriles is 1. The molecule has 0 unspecified atom stereocenters. The van der Waals surface area contributed by atoms with Gasteiger partial charge in [0.2, 0.25) is 0 Å². The van der Waals surface area contributed by atoms with Crippen LogP contribution < -0.4 is 27.2 Å². The van der Waals surface area contributed by atoms with E-state index in [1.807, 2.05) is 53.0 Å². The van der Waals surface area contributed by atoms with Gasteiger partial charge in [-0.3, -0.25) is 14.6 Å². The van der Waals surface area contributed by atoms with Crippen LogP contribution in [0.15, 0.2) is 47.1 Å². The molecule has 0 heterocycles. The summed E-state index contributed by atoms with van der Waals surface area (Å²) >= 11 is 1.40. The maximum Gasteiger partial charge on any atom is 0.268 e. The maximum atomic E-state index is 13.2. The van der Waals surface area contributed by atoms with Crippen molar-refractivity contribution < 1.29 is 9.59 Å². The van der Waals surface area contributed by atoms with E-state index in [0.717, 1.165) is 11.1 Å². The maximum absolute atomic E-state index is 13.2. The Morgan fingerprint density at radius 1 is 1.18 bits per heavy atom. The predicted octanol–water partition coefficient (Wildman–Crippen LogP) is 5.42. The van der Waals surface area contributed by atoms with E-state index in [-0.39, 0.29) is 22.9 Å². The van der Waals surface area contributed by atoms with Gasteiger partial charge in [-0.25, -0.2) is 5.84 Å². The molecule has 0 bridgehead atoms. The van der Waals surface area contributed by atoms with Crippen LogP contribution in [0.5, 0.6) is 0 Å². The molecule has 9 heteroatoms. The first-order valence-electron chi connectivity index (χ1n) is 12.6. The van der Waals surface area contributed by atoms with E-state index in [1.165, 1.54) is 23.0 Å². The van der Waals surface area contributed by atoms with Crippen molar-refractivity contribution in [1.29, 1.82) is 5.26 Å². The second-order valence-corrected chi connectivity index (χ2v) is 10.8. The van der Waals surface area contributed by atoms with Gasteiger partial charge in [0.05, 0.1) is 16.9 Å². The number of benzene rings is 2. The zero-order chi connectivity index (χ0) is 29.2. The van der Waals surface area contributed by atoms with Crippen molar-refractivity contribution >= 4 is 35.0 Å². The number of rotatable bonds is 8. The molecule has 6 N–H and O–H groups in total. The van der Waals surface area contributed by atoms with E-state index < -0.39 is 5.91 Å². The molecule has 0 aliphatic rings. The van der Waals surface area contributed by atoms with Crippen molar-refractivity contribution in [3.8, 4) is 6.07 Å². The molecule has 0 spiro atoms. The lowest BCUT2D eigenvalue weighted by atomic mass is 9.86. The van der Waals surface area contributed by atoms with Gasteiger partial charge in [0.15, 0.2) is 0 Å². The average molecular weight is 539 g/mol. The summed E-state index contributed by atoms with van der Waals surface area (Å²) in [4.78, 5) is 26.2. The molecule has 2 aromatic rings. The highest BCUT2D eigenvalue weighted by molar-refractivity contribution is 7.98. The van der Waals surface area contributed by atoms with Crippen LogP contribution in [-0.2, 0) is 10.2 Å². The Labute approximate surface area is 231 Å². The molecule has 0 atom stereocenters. The zero-order valence-corrected chi connectivity index (χ0v) is 24.8. The van der Waals surface area contributed by atoms with Crippen LogP contribution >= 0.6 is 11.8 Å². The van der Waals surface area contributed by atoms with Crippen LogP contribution in [0.4, 0.5) is 11.4 Å². The predicted molar refractivity (Wildman–Crippen MR) is 159 cm³/mol. The van der Waals surface area contributed by atoms with Gasteiger partial charge >= 0.3 is 0 Å². The van der Waals surface area contributed by atoms with Crippen molar-refractivity contribution in [2.75, 3.05) is 23.1 Å². The molecule has 0 aliphatic heterocycles. The highest BCUT2D eigenvalue weighted by atomic mass is 32.2. The molecule has 0 saturated carbocycles. The number of nitrogens with zero attached hydrogens (tertiary/aromatic N) is 2. The Kier molecular flexibility index (Phi) is 12.4. The molecular formula is C29H42N6O2S. The topological polar surface area (TPSA) is 137 Å². The number of anilines is 2. The molecule has 0 fully saturated rings.